The Morgan fingerprint density at radius 3 is 2.43 bits per heavy atom. The van der Waals surface area contributed by atoms with Crippen molar-refractivity contribution >= 4 is 34.0 Å². The van der Waals surface area contributed by atoms with Crippen molar-refractivity contribution in [3.05, 3.63) is 41.5 Å². The molecular formula is C18H18N4O7S. The Labute approximate surface area is 172 Å². The van der Waals surface area contributed by atoms with Gasteiger partial charge in [0.15, 0.2) is 0 Å². The Kier molecular flexibility index (Phi) is 6.16. The molecule has 1 aromatic carbocycles. The van der Waals surface area contributed by atoms with Crippen LogP contribution in [0.15, 0.2) is 40.8 Å². The Hall–Kier alpha value is -3.67. The van der Waals surface area contributed by atoms with E-state index in [2.05, 4.69) is 15.3 Å². The molecule has 2 amide bonds. The maximum atomic E-state index is 12.7. The fourth-order valence-corrected chi connectivity index (χ4v) is 3.68. The molecule has 0 bridgehead atoms. The van der Waals surface area contributed by atoms with Gasteiger partial charge in [-0.25, -0.2) is 22.7 Å². The van der Waals surface area contributed by atoms with Crippen LogP contribution in [-0.4, -0.2) is 51.2 Å². The molecule has 1 aliphatic heterocycles. The summed E-state index contributed by atoms with van der Waals surface area (Å²) in [5.74, 6) is -0.499. The summed E-state index contributed by atoms with van der Waals surface area (Å²) in [6, 6.07) is 6.24. The first kappa shape index (κ1) is 21.0. The van der Waals surface area contributed by atoms with Gasteiger partial charge in [-0.3, -0.25) is 5.32 Å². The third-order valence-electron chi connectivity index (χ3n) is 3.95. The van der Waals surface area contributed by atoms with Gasteiger partial charge in [-0.2, -0.15) is 9.97 Å². The summed E-state index contributed by atoms with van der Waals surface area (Å²) < 4.78 is 42.2. The first-order chi connectivity index (χ1) is 14.3. The molecule has 0 radical (unpaired) electrons. The highest BCUT2D eigenvalue weighted by Crippen LogP contribution is 2.23. The molecule has 158 valence electrons. The van der Waals surface area contributed by atoms with E-state index in [1.54, 1.807) is 6.07 Å². The van der Waals surface area contributed by atoms with Crippen molar-refractivity contribution < 1.29 is 32.2 Å². The van der Waals surface area contributed by atoms with Gasteiger partial charge in [0.2, 0.25) is 17.7 Å². The van der Waals surface area contributed by atoms with Gasteiger partial charge in [0.25, 0.3) is 10.0 Å². The monoisotopic (exact) mass is 434 g/mol. The van der Waals surface area contributed by atoms with Crippen molar-refractivity contribution in [3.8, 4) is 11.8 Å². The van der Waals surface area contributed by atoms with Gasteiger partial charge < -0.3 is 14.2 Å². The van der Waals surface area contributed by atoms with E-state index < -0.39 is 22.0 Å². The summed E-state index contributed by atoms with van der Waals surface area (Å²) in [4.78, 5) is 31.5. The largest absolute Gasteiger partial charge is 0.481 e. The summed E-state index contributed by atoms with van der Waals surface area (Å²) in [5, 5.41) is 2.22. The Morgan fingerprint density at radius 1 is 1.17 bits per heavy atom. The number of carbonyl (C=O) groups excluding carboxylic acids is 2. The number of urea groups is 1. The molecule has 0 saturated carbocycles. The SMILES string of the molecule is COc1cc(OC)nc(NC(=O)NS(=O)(=O)c2ccccc2C=C2CCOC2=O)n1. The minimum atomic E-state index is -4.28. The first-order valence-electron chi connectivity index (χ1n) is 8.60. The van der Waals surface area contributed by atoms with Crippen molar-refractivity contribution in [1.29, 1.82) is 0 Å². The van der Waals surface area contributed by atoms with Crippen LogP contribution in [0.2, 0.25) is 0 Å². The number of nitrogens with zero attached hydrogens (tertiary/aromatic N) is 2. The third-order valence-corrected chi connectivity index (χ3v) is 5.36. The zero-order valence-corrected chi connectivity index (χ0v) is 16.9. The molecule has 2 aromatic rings. The molecule has 1 aliphatic rings. The van der Waals surface area contributed by atoms with Crippen LogP contribution in [0.3, 0.4) is 0 Å². The topological polar surface area (TPSA) is 146 Å². The van der Waals surface area contributed by atoms with Crippen molar-refractivity contribution in [2.75, 3.05) is 26.1 Å². The highest BCUT2D eigenvalue weighted by Gasteiger charge is 2.24. The lowest BCUT2D eigenvalue weighted by molar-refractivity contribution is -0.134. The van der Waals surface area contributed by atoms with Crippen molar-refractivity contribution in [2.24, 2.45) is 0 Å². The second-order valence-corrected chi connectivity index (χ2v) is 7.58. The van der Waals surface area contributed by atoms with E-state index >= 15 is 0 Å². The van der Waals surface area contributed by atoms with Crippen molar-refractivity contribution in [2.45, 2.75) is 11.3 Å². The lowest BCUT2D eigenvalue weighted by Crippen LogP contribution is -2.35. The van der Waals surface area contributed by atoms with Crippen LogP contribution in [0.1, 0.15) is 12.0 Å². The smallest absolute Gasteiger partial charge is 0.335 e. The van der Waals surface area contributed by atoms with Gasteiger partial charge in [-0.05, 0) is 17.7 Å². The Morgan fingerprint density at radius 2 is 1.83 bits per heavy atom. The minimum Gasteiger partial charge on any atom is -0.481 e. The molecule has 30 heavy (non-hydrogen) atoms. The molecule has 2 N–H and O–H groups in total. The number of ether oxygens (including phenoxy) is 3. The first-order valence-corrected chi connectivity index (χ1v) is 10.1. The summed E-state index contributed by atoms with van der Waals surface area (Å²) >= 11 is 0. The van der Waals surface area contributed by atoms with Crippen molar-refractivity contribution in [1.82, 2.24) is 14.7 Å². The van der Waals surface area contributed by atoms with E-state index in [0.717, 1.165) is 0 Å². The molecule has 1 saturated heterocycles. The molecule has 2 heterocycles. The third kappa shape index (κ3) is 4.84. The van der Waals surface area contributed by atoms with E-state index in [9.17, 15) is 18.0 Å². The Balaban J connectivity index is 1.82. The zero-order chi connectivity index (χ0) is 21.7. The highest BCUT2D eigenvalue weighted by molar-refractivity contribution is 7.90. The van der Waals surface area contributed by atoms with Crippen LogP contribution in [0, 0.1) is 0 Å². The predicted octanol–water partition coefficient (Wildman–Crippen LogP) is 1.33. The lowest BCUT2D eigenvalue weighted by Gasteiger charge is -2.11. The van der Waals surface area contributed by atoms with Gasteiger partial charge >= 0.3 is 12.0 Å². The summed E-state index contributed by atoms with van der Waals surface area (Å²) in [6.45, 7) is 0.240. The number of esters is 1. The standard InChI is InChI=1S/C18H18N4O7S/c1-27-14-10-15(28-2)20-17(19-14)21-18(24)22-30(25,26)13-6-4-3-5-11(13)9-12-7-8-29-16(12)23/h3-6,9-10H,7-8H2,1-2H3,(H2,19,20,21,22,24). The van der Waals surface area contributed by atoms with E-state index in [1.807, 2.05) is 4.72 Å². The fourth-order valence-electron chi connectivity index (χ4n) is 2.58. The fraction of sp³-hybridized carbons (Fsp3) is 0.222. The number of aromatic nitrogens is 2. The number of hydrogen-bond donors (Lipinski definition) is 2. The van der Waals surface area contributed by atoms with Gasteiger partial charge in [-0.1, -0.05) is 18.2 Å². The second-order valence-electron chi connectivity index (χ2n) is 5.93. The number of cyclic esters (lactones) is 1. The number of rotatable bonds is 6. The average molecular weight is 434 g/mol. The Bertz CT molecular complexity index is 1090. The number of benzene rings is 1. The number of carbonyl (C=O) groups is 2. The maximum Gasteiger partial charge on any atom is 0.335 e. The minimum absolute atomic E-state index is 0.112. The molecule has 0 atom stereocenters. The summed E-state index contributed by atoms with van der Waals surface area (Å²) in [6.07, 6.45) is 1.80. The molecule has 0 unspecified atom stereocenters. The maximum absolute atomic E-state index is 12.7. The molecule has 0 spiro atoms. The summed E-state index contributed by atoms with van der Waals surface area (Å²) in [5.41, 5.74) is 0.588. The van der Waals surface area contributed by atoms with Gasteiger partial charge in [0, 0.05) is 12.0 Å². The van der Waals surface area contributed by atoms with E-state index in [0.29, 0.717) is 12.0 Å². The van der Waals surface area contributed by atoms with Crippen LogP contribution < -0.4 is 19.5 Å². The van der Waals surface area contributed by atoms with E-state index in [4.69, 9.17) is 14.2 Å². The van der Waals surface area contributed by atoms with E-state index in [1.165, 1.54) is 44.6 Å². The lowest BCUT2D eigenvalue weighted by atomic mass is 10.1. The van der Waals surface area contributed by atoms with Crippen LogP contribution in [0.25, 0.3) is 6.08 Å². The normalized spacial score (nSPS) is 14.9. The molecule has 3 rings (SSSR count). The number of sulfonamides is 1. The second kappa shape index (κ2) is 8.78. The summed E-state index contributed by atoms with van der Waals surface area (Å²) in [7, 11) is -1.55. The van der Waals surface area contributed by atoms with Gasteiger partial charge in [-0.15, -0.1) is 0 Å². The number of amides is 2. The van der Waals surface area contributed by atoms with Crippen LogP contribution in [0.4, 0.5) is 10.7 Å². The van der Waals surface area contributed by atoms with Gasteiger partial charge in [0.05, 0.1) is 31.8 Å². The van der Waals surface area contributed by atoms with E-state index in [-0.39, 0.29) is 34.8 Å². The van der Waals surface area contributed by atoms with Crippen LogP contribution >= 0.6 is 0 Å². The quantitative estimate of drug-likeness (QED) is 0.508. The zero-order valence-electron chi connectivity index (χ0n) is 16.0. The molecule has 11 nitrogen and oxygen atoms in total. The van der Waals surface area contributed by atoms with Crippen molar-refractivity contribution in [3.63, 3.8) is 0 Å². The highest BCUT2D eigenvalue weighted by atomic mass is 32.2. The molecule has 1 fully saturated rings. The molecule has 0 aliphatic carbocycles. The number of hydrogen-bond acceptors (Lipinski definition) is 9. The predicted molar refractivity (Wildman–Crippen MR) is 104 cm³/mol. The van der Waals surface area contributed by atoms with Crippen LogP contribution in [0.5, 0.6) is 11.8 Å². The van der Waals surface area contributed by atoms with Gasteiger partial charge in [0.1, 0.15) is 0 Å². The molecule has 1 aromatic heterocycles. The number of methoxy groups -OCH3 is 2. The number of anilines is 1. The average Bonchev–Trinajstić information content (AvgIpc) is 3.11. The number of nitrogens with one attached hydrogen (secondary N) is 2. The molecular weight excluding hydrogens is 416 g/mol. The molecule has 12 heteroatoms. The van der Waals surface area contributed by atoms with Crippen LogP contribution in [-0.2, 0) is 19.6 Å².